The minimum Gasteiger partial charge on any atom is -0.507 e. The summed E-state index contributed by atoms with van der Waals surface area (Å²) in [5, 5.41) is 18.7. The summed E-state index contributed by atoms with van der Waals surface area (Å²) in [5.74, 6) is -1.59. The number of aromatic carboxylic acids is 1. The van der Waals surface area contributed by atoms with Crippen molar-refractivity contribution >= 4 is 5.97 Å². The van der Waals surface area contributed by atoms with Crippen molar-refractivity contribution in [1.82, 2.24) is 0 Å². The molecule has 2 rings (SSSR count). The summed E-state index contributed by atoms with van der Waals surface area (Å²) >= 11 is 0. The van der Waals surface area contributed by atoms with Gasteiger partial charge in [0.25, 0.3) is 0 Å². The molecule has 19 heavy (non-hydrogen) atoms. The second-order valence-corrected chi connectivity index (χ2v) is 3.92. The van der Waals surface area contributed by atoms with Crippen LogP contribution in [0, 0.1) is 5.82 Å². The Hall–Kier alpha value is -2.56. The van der Waals surface area contributed by atoms with E-state index in [1.54, 1.807) is 6.07 Å². The molecule has 98 valence electrons. The van der Waals surface area contributed by atoms with E-state index in [1.165, 1.54) is 31.4 Å². The number of aromatic hydroxyl groups is 1. The molecule has 0 amide bonds. The van der Waals surface area contributed by atoms with E-state index < -0.39 is 11.8 Å². The lowest BCUT2D eigenvalue weighted by molar-refractivity contribution is 0.0696. The molecule has 0 atom stereocenters. The first-order chi connectivity index (χ1) is 9.01. The third kappa shape index (κ3) is 2.65. The number of halogens is 1. The molecule has 0 saturated heterocycles. The SMILES string of the molecule is COc1cc(C(=O)O)cc(-c2ccc(F)cc2O)c1. The van der Waals surface area contributed by atoms with Crippen molar-refractivity contribution < 1.29 is 24.1 Å². The van der Waals surface area contributed by atoms with Gasteiger partial charge < -0.3 is 14.9 Å². The molecule has 2 aromatic carbocycles. The molecule has 0 heterocycles. The molecule has 0 aliphatic carbocycles. The monoisotopic (exact) mass is 262 g/mol. The molecule has 0 bridgehead atoms. The topological polar surface area (TPSA) is 66.8 Å². The molecule has 4 nitrogen and oxygen atoms in total. The molecular formula is C14H11FO4. The van der Waals surface area contributed by atoms with Gasteiger partial charge >= 0.3 is 5.97 Å². The highest BCUT2D eigenvalue weighted by atomic mass is 19.1. The van der Waals surface area contributed by atoms with E-state index >= 15 is 0 Å². The van der Waals surface area contributed by atoms with E-state index in [4.69, 9.17) is 9.84 Å². The number of hydrogen-bond acceptors (Lipinski definition) is 3. The van der Waals surface area contributed by atoms with Crippen molar-refractivity contribution in [2.24, 2.45) is 0 Å². The third-order valence-electron chi connectivity index (χ3n) is 2.66. The Labute approximate surface area is 108 Å². The van der Waals surface area contributed by atoms with E-state index in [-0.39, 0.29) is 11.3 Å². The Morgan fingerprint density at radius 3 is 2.53 bits per heavy atom. The van der Waals surface area contributed by atoms with Gasteiger partial charge in [-0.05, 0) is 35.9 Å². The third-order valence-corrected chi connectivity index (χ3v) is 2.66. The molecule has 0 aliphatic heterocycles. The number of methoxy groups -OCH3 is 1. The van der Waals surface area contributed by atoms with Gasteiger partial charge in [0.05, 0.1) is 12.7 Å². The van der Waals surface area contributed by atoms with Gasteiger partial charge in [0.2, 0.25) is 0 Å². The molecular weight excluding hydrogens is 251 g/mol. The van der Waals surface area contributed by atoms with E-state index in [1.807, 2.05) is 0 Å². The minimum atomic E-state index is -1.11. The van der Waals surface area contributed by atoms with Crippen LogP contribution in [-0.4, -0.2) is 23.3 Å². The predicted octanol–water partition coefficient (Wildman–Crippen LogP) is 2.91. The lowest BCUT2D eigenvalue weighted by atomic mass is 10.0. The van der Waals surface area contributed by atoms with Gasteiger partial charge in [-0.3, -0.25) is 0 Å². The molecule has 2 aromatic rings. The van der Waals surface area contributed by atoms with Crippen molar-refractivity contribution in [3.63, 3.8) is 0 Å². The summed E-state index contributed by atoms with van der Waals surface area (Å²) in [6.45, 7) is 0. The van der Waals surface area contributed by atoms with E-state index in [2.05, 4.69) is 0 Å². The smallest absolute Gasteiger partial charge is 0.335 e. The minimum absolute atomic E-state index is 0.0260. The Balaban J connectivity index is 2.60. The lowest BCUT2D eigenvalue weighted by Crippen LogP contribution is -1.98. The van der Waals surface area contributed by atoms with E-state index in [0.717, 1.165) is 6.07 Å². The number of carbonyl (C=O) groups is 1. The summed E-state index contributed by atoms with van der Waals surface area (Å²) in [7, 11) is 1.41. The van der Waals surface area contributed by atoms with E-state index in [0.29, 0.717) is 16.9 Å². The van der Waals surface area contributed by atoms with Crippen LogP contribution in [0.15, 0.2) is 36.4 Å². The first-order valence-electron chi connectivity index (χ1n) is 5.42. The maximum absolute atomic E-state index is 12.9. The Kier molecular flexibility index (Phi) is 3.37. The van der Waals surface area contributed by atoms with Gasteiger partial charge in [0.15, 0.2) is 0 Å². The summed E-state index contributed by atoms with van der Waals surface area (Å²) in [5.41, 5.74) is 0.801. The molecule has 5 heteroatoms. The van der Waals surface area contributed by atoms with E-state index in [9.17, 15) is 14.3 Å². The fourth-order valence-electron chi connectivity index (χ4n) is 1.74. The maximum atomic E-state index is 12.9. The Morgan fingerprint density at radius 2 is 1.95 bits per heavy atom. The van der Waals surface area contributed by atoms with Crippen molar-refractivity contribution in [3.8, 4) is 22.6 Å². The van der Waals surface area contributed by atoms with Crippen LogP contribution in [0.2, 0.25) is 0 Å². The van der Waals surface area contributed by atoms with Gasteiger partial charge in [0.1, 0.15) is 17.3 Å². The normalized spacial score (nSPS) is 10.2. The van der Waals surface area contributed by atoms with Crippen LogP contribution >= 0.6 is 0 Å². The van der Waals surface area contributed by atoms with Crippen LogP contribution in [0.3, 0.4) is 0 Å². The molecule has 0 aromatic heterocycles. The number of carboxylic acids is 1. The average molecular weight is 262 g/mol. The zero-order chi connectivity index (χ0) is 14.0. The number of rotatable bonds is 3. The Morgan fingerprint density at radius 1 is 1.21 bits per heavy atom. The Bertz CT molecular complexity index is 637. The molecule has 0 fully saturated rings. The van der Waals surface area contributed by atoms with Crippen molar-refractivity contribution in [1.29, 1.82) is 0 Å². The second kappa shape index (κ2) is 4.97. The average Bonchev–Trinajstić information content (AvgIpc) is 2.38. The number of phenols is 1. The van der Waals surface area contributed by atoms with Crippen LogP contribution in [0.1, 0.15) is 10.4 Å². The molecule has 0 spiro atoms. The first kappa shape index (κ1) is 12.9. The van der Waals surface area contributed by atoms with Crippen LogP contribution in [0.5, 0.6) is 11.5 Å². The van der Waals surface area contributed by atoms with Crippen molar-refractivity contribution in [3.05, 3.63) is 47.8 Å². The number of carboxylic acid groups (broad SMARTS) is 1. The second-order valence-electron chi connectivity index (χ2n) is 3.92. The van der Waals surface area contributed by atoms with Crippen LogP contribution in [-0.2, 0) is 0 Å². The number of phenolic OH excluding ortho intramolecular Hbond substituents is 1. The lowest BCUT2D eigenvalue weighted by Gasteiger charge is -2.09. The van der Waals surface area contributed by atoms with Gasteiger partial charge in [-0.2, -0.15) is 0 Å². The zero-order valence-electron chi connectivity index (χ0n) is 10.1. The van der Waals surface area contributed by atoms with Crippen LogP contribution in [0.4, 0.5) is 4.39 Å². The molecule has 0 aliphatic rings. The zero-order valence-corrected chi connectivity index (χ0v) is 10.1. The number of hydrogen-bond donors (Lipinski definition) is 2. The number of ether oxygens (including phenoxy) is 1. The fourth-order valence-corrected chi connectivity index (χ4v) is 1.74. The summed E-state index contributed by atoms with van der Waals surface area (Å²) in [6.07, 6.45) is 0. The first-order valence-corrected chi connectivity index (χ1v) is 5.42. The molecule has 0 saturated carbocycles. The van der Waals surface area contributed by atoms with Gasteiger partial charge in [0, 0.05) is 11.6 Å². The summed E-state index contributed by atoms with van der Waals surface area (Å²) < 4.78 is 17.9. The highest BCUT2D eigenvalue weighted by Gasteiger charge is 2.11. The quantitative estimate of drug-likeness (QED) is 0.892. The predicted molar refractivity (Wildman–Crippen MR) is 67.0 cm³/mol. The fraction of sp³-hybridized carbons (Fsp3) is 0.0714. The van der Waals surface area contributed by atoms with Crippen LogP contribution < -0.4 is 4.74 Å². The molecule has 2 N–H and O–H groups in total. The largest absolute Gasteiger partial charge is 0.507 e. The van der Waals surface area contributed by atoms with Crippen LogP contribution in [0.25, 0.3) is 11.1 Å². The number of benzene rings is 2. The highest BCUT2D eigenvalue weighted by Crippen LogP contribution is 2.32. The van der Waals surface area contributed by atoms with Crippen molar-refractivity contribution in [2.45, 2.75) is 0 Å². The summed E-state index contributed by atoms with van der Waals surface area (Å²) in [6, 6.07) is 7.86. The highest BCUT2D eigenvalue weighted by molar-refractivity contribution is 5.90. The standard InChI is InChI=1S/C14H11FO4/c1-19-11-5-8(4-9(6-11)14(17)18)12-3-2-10(15)7-13(12)16/h2-7,16H,1H3,(H,17,18). The maximum Gasteiger partial charge on any atom is 0.335 e. The summed E-state index contributed by atoms with van der Waals surface area (Å²) in [4.78, 5) is 11.0. The molecule has 0 radical (unpaired) electrons. The van der Waals surface area contributed by atoms with Gasteiger partial charge in [-0.15, -0.1) is 0 Å². The van der Waals surface area contributed by atoms with Gasteiger partial charge in [-0.1, -0.05) is 0 Å². The van der Waals surface area contributed by atoms with Crippen molar-refractivity contribution in [2.75, 3.05) is 7.11 Å². The van der Waals surface area contributed by atoms with Gasteiger partial charge in [-0.25, -0.2) is 9.18 Å². The molecule has 0 unspecified atom stereocenters.